The number of carbonyl (C=O) groups is 2. The monoisotopic (exact) mass is 429 g/mol. The average Bonchev–Trinajstić information content (AvgIpc) is 3.17. The molecule has 1 fully saturated rings. The van der Waals surface area contributed by atoms with E-state index in [1.165, 1.54) is 0 Å². The number of ether oxygens (including phenoxy) is 2. The lowest BCUT2D eigenvalue weighted by molar-refractivity contribution is -0.192. The van der Waals surface area contributed by atoms with Crippen molar-refractivity contribution >= 4 is 11.9 Å². The number of hydrogen-bond donors (Lipinski definition) is 2. The van der Waals surface area contributed by atoms with E-state index in [9.17, 15) is 31.9 Å². The topological polar surface area (TPSA) is 143 Å². The Bertz CT molecular complexity index is 829. The summed E-state index contributed by atoms with van der Waals surface area (Å²) in [7, 11) is 0. The highest BCUT2D eigenvalue weighted by atomic mass is 19.4. The van der Waals surface area contributed by atoms with Crippen LogP contribution in [0.25, 0.3) is 0 Å². The van der Waals surface area contributed by atoms with Crippen molar-refractivity contribution in [3.05, 3.63) is 32.9 Å². The maximum Gasteiger partial charge on any atom is 0.490 e. The number of carboxylic acids is 1. The molecule has 2 heterocycles. The first-order valence-corrected chi connectivity index (χ1v) is 8.28. The van der Waals surface area contributed by atoms with Gasteiger partial charge in [0, 0.05) is 13.0 Å². The van der Waals surface area contributed by atoms with Gasteiger partial charge in [-0.05, 0) is 25.8 Å². The molecule has 1 saturated heterocycles. The standard InChI is InChI=1S/C13H18FN3O5.C2HF3O2/c14-9-7-16(10-3-2-6-21-10)13(20)17(12(9)19)8-22-11(18)4-1-5-15;3-2(4,5)1(6)7/h7,10H,1-6,8,15H2;(H,6,7). The third-order valence-corrected chi connectivity index (χ3v) is 3.55. The van der Waals surface area contributed by atoms with Gasteiger partial charge in [-0.1, -0.05) is 0 Å². The second-order valence-electron chi connectivity index (χ2n) is 5.71. The number of rotatable bonds is 6. The molecule has 0 saturated carbocycles. The Morgan fingerprint density at radius 2 is 1.97 bits per heavy atom. The third kappa shape index (κ3) is 7.30. The molecular formula is C15H19F4N3O7. The highest BCUT2D eigenvalue weighted by Gasteiger charge is 2.38. The van der Waals surface area contributed by atoms with E-state index >= 15 is 0 Å². The highest BCUT2D eigenvalue weighted by Crippen LogP contribution is 2.20. The number of nitrogens with zero attached hydrogens (tertiary/aromatic N) is 2. The molecule has 1 aliphatic rings. The quantitative estimate of drug-likeness (QED) is 0.487. The van der Waals surface area contributed by atoms with Gasteiger partial charge in [-0.2, -0.15) is 17.6 Å². The summed E-state index contributed by atoms with van der Waals surface area (Å²) >= 11 is 0. The van der Waals surface area contributed by atoms with Crippen LogP contribution in [0.2, 0.25) is 0 Å². The molecule has 0 radical (unpaired) electrons. The molecule has 29 heavy (non-hydrogen) atoms. The molecule has 1 unspecified atom stereocenters. The average molecular weight is 429 g/mol. The van der Waals surface area contributed by atoms with Crippen molar-refractivity contribution in [1.29, 1.82) is 0 Å². The van der Waals surface area contributed by atoms with Crippen LogP contribution < -0.4 is 17.0 Å². The lowest BCUT2D eigenvalue weighted by Crippen LogP contribution is -2.43. The number of esters is 1. The molecule has 1 atom stereocenters. The van der Waals surface area contributed by atoms with Crippen molar-refractivity contribution in [2.45, 2.75) is 44.8 Å². The van der Waals surface area contributed by atoms with Gasteiger partial charge < -0.3 is 20.3 Å². The predicted octanol–water partition coefficient (Wildman–Crippen LogP) is 0.331. The Balaban J connectivity index is 0.000000516. The summed E-state index contributed by atoms with van der Waals surface area (Å²) in [5.41, 5.74) is 3.36. The van der Waals surface area contributed by atoms with Crippen LogP contribution in [0.1, 0.15) is 31.9 Å². The molecule has 1 aromatic heterocycles. The maximum atomic E-state index is 13.7. The van der Waals surface area contributed by atoms with Gasteiger partial charge in [0.1, 0.15) is 6.23 Å². The van der Waals surface area contributed by atoms with E-state index in [2.05, 4.69) is 0 Å². The molecule has 0 aromatic carbocycles. The molecule has 3 N–H and O–H groups in total. The molecule has 2 rings (SSSR count). The number of carbonyl (C=O) groups excluding carboxylic acids is 1. The Kier molecular flexibility index (Phi) is 8.97. The highest BCUT2D eigenvalue weighted by molar-refractivity contribution is 5.73. The maximum absolute atomic E-state index is 13.7. The Labute approximate surface area is 160 Å². The van der Waals surface area contributed by atoms with Gasteiger partial charge in [-0.25, -0.2) is 14.2 Å². The number of aliphatic carboxylic acids is 1. The zero-order chi connectivity index (χ0) is 22.2. The molecule has 10 nitrogen and oxygen atoms in total. The van der Waals surface area contributed by atoms with Gasteiger partial charge in [-0.15, -0.1) is 0 Å². The molecule has 14 heteroatoms. The minimum Gasteiger partial charge on any atom is -0.475 e. The molecule has 0 aliphatic carbocycles. The van der Waals surface area contributed by atoms with Gasteiger partial charge in [-0.3, -0.25) is 14.2 Å². The zero-order valence-electron chi connectivity index (χ0n) is 15.0. The minimum atomic E-state index is -5.08. The van der Waals surface area contributed by atoms with Crippen molar-refractivity contribution in [1.82, 2.24) is 9.13 Å². The third-order valence-electron chi connectivity index (χ3n) is 3.55. The second kappa shape index (κ2) is 10.7. The van der Waals surface area contributed by atoms with E-state index in [0.29, 0.717) is 30.6 Å². The van der Waals surface area contributed by atoms with Crippen LogP contribution in [-0.2, 0) is 25.8 Å². The minimum absolute atomic E-state index is 0.0699. The van der Waals surface area contributed by atoms with Gasteiger partial charge in [0.25, 0.3) is 5.56 Å². The Morgan fingerprint density at radius 1 is 1.34 bits per heavy atom. The number of carboxylic acid groups (broad SMARTS) is 1. The fourth-order valence-corrected chi connectivity index (χ4v) is 2.14. The van der Waals surface area contributed by atoms with Crippen LogP contribution >= 0.6 is 0 Å². The lowest BCUT2D eigenvalue weighted by Gasteiger charge is -2.15. The fraction of sp³-hybridized carbons (Fsp3) is 0.600. The molecule has 0 amide bonds. The van der Waals surface area contributed by atoms with E-state index in [0.717, 1.165) is 17.2 Å². The van der Waals surface area contributed by atoms with E-state index in [1.54, 1.807) is 0 Å². The Hall–Kier alpha value is -2.74. The van der Waals surface area contributed by atoms with Crippen LogP contribution in [0, 0.1) is 5.82 Å². The fourth-order valence-electron chi connectivity index (χ4n) is 2.14. The molecule has 164 valence electrons. The van der Waals surface area contributed by atoms with E-state index in [1.807, 2.05) is 0 Å². The van der Waals surface area contributed by atoms with Crippen LogP contribution in [-0.4, -0.2) is 45.5 Å². The van der Waals surface area contributed by atoms with Crippen molar-refractivity contribution in [3.8, 4) is 0 Å². The van der Waals surface area contributed by atoms with Crippen LogP contribution in [0.5, 0.6) is 0 Å². The molecule has 0 bridgehead atoms. The van der Waals surface area contributed by atoms with Crippen molar-refractivity contribution in [2.24, 2.45) is 5.73 Å². The predicted molar refractivity (Wildman–Crippen MR) is 87.2 cm³/mol. The number of nitrogens with two attached hydrogens (primary N) is 1. The van der Waals surface area contributed by atoms with E-state index in [-0.39, 0.29) is 6.42 Å². The van der Waals surface area contributed by atoms with Crippen LogP contribution in [0.4, 0.5) is 17.6 Å². The van der Waals surface area contributed by atoms with Crippen LogP contribution in [0.3, 0.4) is 0 Å². The van der Waals surface area contributed by atoms with E-state index < -0.39 is 48.1 Å². The molecule has 1 aromatic rings. The summed E-state index contributed by atoms with van der Waals surface area (Å²) in [6.07, 6.45) is -3.08. The van der Waals surface area contributed by atoms with Gasteiger partial charge in [0.2, 0.25) is 5.82 Å². The number of aromatic nitrogens is 2. The first-order valence-electron chi connectivity index (χ1n) is 8.28. The summed E-state index contributed by atoms with van der Waals surface area (Å²) in [6, 6.07) is 0. The first-order chi connectivity index (χ1) is 13.5. The first kappa shape index (κ1) is 24.3. The van der Waals surface area contributed by atoms with Gasteiger partial charge in [0.05, 0.1) is 6.20 Å². The van der Waals surface area contributed by atoms with Crippen LogP contribution in [0.15, 0.2) is 15.8 Å². The summed E-state index contributed by atoms with van der Waals surface area (Å²) in [6.45, 7) is 0.151. The number of alkyl halides is 3. The number of halogens is 4. The van der Waals surface area contributed by atoms with Crippen molar-refractivity contribution in [2.75, 3.05) is 13.2 Å². The smallest absolute Gasteiger partial charge is 0.475 e. The Morgan fingerprint density at radius 3 is 2.45 bits per heavy atom. The molecule has 0 spiro atoms. The SMILES string of the molecule is NCCCC(=O)OCn1c(=O)c(F)cn(C2CCCO2)c1=O.O=C(O)C(F)(F)F. The zero-order valence-corrected chi connectivity index (χ0v) is 15.0. The van der Waals surface area contributed by atoms with Crippen molar-refractivity contribution in [3.63, 3.8) is 0 Å². The lowest BCUT2D eigenvalue weighted by atomic mass is 10.3. The summed E-state index contributed by atoms with van der Waals surface area (Å²) in [5.74, 6) is -4.47. The molecular weight excluding hydrogens is 410 g/mol. The summed E-state index contributed by atoms with van der Waals surface area (Å²) in [5, 5.41) is 7.12. The van der Waals surface area contributed by atoms with Crippen molar-refractivity contribution < 1.29 is 41.7 Å². The summed E-state index contributed by atoms with van der Waals surface area (Å²) < 4.78 is 57.1. The normalized spacial score (nSPS) is 16.1. The summed E-state index contributed by atoms with van der Waals surface area (Å²) in [4.78, 5) is 44.2. The number of hydrogen-bond acceptors (Lipinski definition) is 7. The largest absolute Gasteiger partial charge is 0.490 e. The molecule has 1 aliphatic heterocycles. The van der Waals surface area contributed by atoms with Gasteiger partial charge in [0.15, 0.2) is 6.73 Å². The van der Waals surface area contributed by atoms with Gasteiger partial charge >= 0.3 is 23.8 Å². The van der Waals surface area contributed by atoms with E-state index in [4.69, 9.17) is 25.1 Å². The second-order valence-corrected chi connectivity index (χ2v) is 5.71.